The van der Waals surface area contributed by atoms with Crippen LogP contribution in [0.25, 0.3) is 5.69 Å². The van der Waals surface area contributed by atoms with Gasteiger partial charge in [0.25, 0.3) is 11.6 Å². The van der Waals surface area contributed by atoms with Gasteiger partial charge in [-0.3, -0.25) is 14.9 Å². The number of hydrogen-bond acceptors (Lipinski definition) is 4. The monoisotopic (exact) mass is 340 g/mol. The molecule has 3 aromatic rings. The Balaban J connectivity index is 1.86. The average Bonchev–Trinajstić information content (AvgIpc) is 3.09. The third-order valence-corrected chi connectivity index (χ3v) is 3.73. The lowest BCUT2D eigenvalue weighted by Crippen LogP contribution is -2.14. The SMILES string of the molecule is Cc1c(C(=O)Nc2ccc(-n3ccnc3)c(F)c2)cccc1[N+](=O)[O-]. The number of carbonyl (C=O) groups excluding carboxylic acids is 1. The molecule has 2 aromatic carbocycles. The molecular weight excluding hydrogens is 327 g/mol. The maximum Gasteiger partial charge on any atom is 0.273 e. The van der Waals surface area contributed by atoms with Gasteiger partial charge in [0.15, 0.2) is 0 Å². The molecule has 0 aliphatic carbocycles. The molecule has 0 aliphatic rings. The van der Waals surface area contributed by atoms with Gasteiger partial charge < -0.3 is 9.88 Å². The first-order valence-corrected chi connectivity index (χ1v) is 7.30. The normalized spacial score (nSPS) is 10.5. The Morgan fingerprint density at radius 1 is 1.32 bits per heavy atom. The van der Waals surface area contributed by atoms with Crippen LogP contribution < -0.4 is 5.32 Å². The van der Waals surface area contributed by atoms with Crippen molar-refractivity contribution in [2.24, 2.45) is 0 Å². The van der Waals surface area contributed by atoms with Gasteiger partial charge in [0.2, 0.25) is 0 Å². The molecule has 0 aliphatic heterocycles. The summed E-state index contributed by atoms with van der Waals surface area (Å²) in [4.78, 5) is 26.6. The second-order valence-corrected chi connectivity index (χ2v) is 5.30. The summed E-state index contributed by atoms with van der Waals surface area (Å²) in [5, 5.41) is 13.5. The van der Waals surface area contributed by atoms with Crippen LogP contribution in [0.4, 0.5) is 15.8 Å². The molecular formula is C17H13FN4O3. The molecule has 0 saturated heterocycles. The minimum atomic E-state index is -0.550. The summed E-state index contributed by atoms with van der Waals surface area (Å²) in [6.07, 6.45) is 4.59. The van der Waals surface area contributed by atoms with E-state index < -0.39 is 16.6 Å². The summed E-state index contributed by atoms with van der Waals surface area (Å²) in [5.41, 5.74) is 0.808. The first-order chi connectivity index (χ1) is 12.0. The van der Waals surface area contributed by atoms with E-state index in [1.54, 1.807) is 12.3 Å². The minimum Gasteiger partial charge on any atom is -0.322 e. The van der Waals surface area contributed by atoms with Gasteiger partial charge in [0.1, 0.15) is 5.82 Å². The fraction of sp³-hybridized carbons (Fsp3) is 0.0588. The minimum absolute atomic E-state index is 0.144. The van der Waals surface area contributed by atoms with Crippen molar-refractivity contribution >= 4 is 17.3 Å². The number of amides is 1. The summed E-state index contributed by atoms with van der Waals surface area (Å²) in [6.45, 7) is 1.50. The van der Waals surface area contributed by atoms with Gasteiger partial charge in [-0.25, -0.2) is 9.37 Å². The molecule has 8 heteroatoms. The molecule has 1 heterocycles. The smallest absolute Gasteiger partial charge is 0.273 e. The molecule has 0 spiro atoms. The van der Waals surface area contributed by atoms with Gasteiger partial charge in [0.05, 0.1) is 16.9 Å². The predicted octanol–water partition coefficient (Wildman–Crippen LogP) is 3.48. The summed E-state index contributed by atoms with van der Waals surface area (Å²) in [6, 6.07) is 8.47. The van der Waals surface area contributed by atoms with Gasteiger partial charge in [-0.05, 0) is 31.2 Å². The van der Waals surface area contributed by atoms with Crippen molar-refractivity contribution in [1.82, 2.24) is 9.55 Å². The highest BCUT2D eigenvalue weighted by atomic mass is 19.1. The molecule has 1 aromatic heterocycles. The number of rotatable bonds is 4. The zero-order chi connectivity index (χ0) is 18.0. The zero-order valence-electron chi connectivity index (χ0n) is 13.1. The molecule has 1 amide bonds. The van der Waals surface area contributed by atoms with E-state index >= 15 is 0 Å². The Labute approximate surface area is 141 Å². The fourth-order valence-corrected chi connectivity index (χ4v) is 2.46. The number of carbonyl (C=O) groups is 1. The maximum atomic E-state index is 14.2. The van der Waals surface area contributed by atoms with E-state index in [9.17, 15) is 19.3 Å². The number of hydrogen-bond donors (Lipinski definition) is 1. The summed E-state index contributed by atoms with van der Waals surface area (Å²) >= 11 is 0. The topological polar surface area (TPSA) is 90.1 Å². The standard InChI is InChI=1S/C17H13FN4O3/c1-11-13(3-2-4-15(11)22(24)25)17(23)20-12-5-6-16(14(18)9-12)21-8-7-19-10-21/h2-10H,1H3,(H,20,23). The van der Waals surface area contributed by atoms with Crippen molar-refractivity contribution < 1.29 is 14.1 Å². The summed E-state index contributed by atoms with van der Waals surface area (Å²) in [5.74, 6) is -1.08. The van der Waals surface area contributed by atoms with Crippen LogP contribution in [0.1, 0.15) is 15.9 Å². The second kappa shape index (κ2) is 6.52. The largest absolute Gasteiger partial charge is 0.322 e. The van der Waals surface area contributed by atoms with Crippen molar-refractivity contribution in [3.05, 3.63) is 82.2 Å². The van der Waals surface area contributed by atoms with E-state index in [-0.39, 0.29) is 22.5 Å². The Morgan fingerprint density at radius 2 is 2.12 bits per heavy atom. The van der Waals surface area contributed by atoms with E-state index in [4.69, 9.17) is 0 Å². The van der Waals surface area contributed by atoms with E-state index in [1.807, 2.05) is 0 Å². The van der Waals surface area contributed by atoms with Crippen LogP contribution in [-0.2, 0) is 0 Å². The molecule has 7 nitrogen and oxygen atoms in total. The highest BCUT2D eigenvalue weighted by Crippen LogP contribution is 2.23. The first-order valence-electron chi connectivity index (χ1n) is 7.30. The summed E-state index contributed by atoms with van der Waals surface area (Å²) < 4.78 is 15.7. The van der Waals surface area contributed by atoms with Crippen molar-refractivity contribution in [3.63, 3.8) is 0 Å². The highest BCUT2D eigenvalue weighted by molar-refractivity contribution is 6.05. The number of anilines is 1. The molecule has 0 atom stereocenters. The van der Waals surface area contributed by atoms with Gasteiger partial charge in [0, 0.05) is 35.3 Å². The van der Waals surface area contributed by atoms with Crippen LogP contribution in [0.2, 0.25) is 0 Å². The molecule has 0 bridgehead atoms. The number of nitrogens with one attached hydrogen (secondary N) is 1. The predicted molar refractivity (Wildman–Crippen MR) is 89.3 cm³/mol. The van der Waals surface area contributed by atoms with Gasteiger partial charge in [-0.15, -0.1) is 0 Å². The lowest BCUT2D eigenvalue weighted by Gasteiger charge is -2.10. The lowest BCUT2D eigenvalue weighted by atomic mass is 10.1. The highest BCUT2D eigenvalue weighted by Gasteiger charge is 2.18. The Bertz CT molecular complexity index is 955. The maximum absolute atomic E-state index is 14.2. The molecule has 1 N–H and O–H groups in total. The number of nitrogens with zero attached hydrogens (tertiary/aromatic N) is 3. The van der Waals surface area contributed by atoms with Crippen LogP contribution in [-0.4, -0.2) is 20.4 Å². The van der Waals surface area contributed by atoms with Crippen molar-refractivity contribution in [3.8, 4) is 5.69 Å². The quantitative estimate of drug-likeness (QED) is 0.581. The van der Waals surface area contributed by atoms with Gasteiger partial charge >= 0.3 is 0 Å². The van der Waals surface area contributed by atoms with Crippen LogP contribution in [0.15, 0.2) is 55.1 Å². The number of imidazole rings is 1. The van der Waals surface area contributed by atoms with Gasteiger partial charge in [-0.2, -0.15) is 0 Å². The third-order valence-electron chi connectivity index (χ3n) is 3.73. The van der Waals surface area contributed by atoms with E-state index in [0.717, 1.165) is 0 Å². The molecule has 0 saturated carbocycles. The lowest BCUT2D eigenvalue weighted by molar-refractivity contribution is -0.385. The zero-order valence-corrected chi connectivity index (χ0v) is 13.1. The molecule has 0 unspecified atom stereocenters. The Kier molecular flexibility index (Phi) is 4.25. The van der Waals surface area contributed by atoms with Crippen molar-refractivity contribution in [1.29, 1.82) is 0 Å². The third kappa shape index (κ3) is 3.23. The van der Waals surface area contributed by atoms with E-state index in [1.165, 1.54) is 54.3 Å². The Hall–Kier alpha value is -3.55. The van der Waals surface area contributed by atoms with Crippen LogP contribution in [0, 0.1) is 22.9 Å². The summed E-state index contributed by atoms with van der Waals surface area (Å²) in [7, 11) is 0. The second-order valence-electron chi connectivity index (χ2n) is 5.30. The molecule has 3 rings (SSSR count). The number of aromatic nitrogens is 2. The fourth-order valence-electron chi connectivity index (χ4n) is 2.46. The van der Waals surface area contributed by atoms with E-state index in [2.05, 4.69) is 10.3 Å². The van der Waals surface area contributed by atoms with Crippen LogP contribution >= 0.6 is 0 Å². The molecule has 25 heavy (non-hydrogen) atoms. The van der Waals surface area contributed by atoms with Crippen LogP contribution in [0.3, 0.4) is 0 Å². The van der Waals surface area contributed by atoms with Crippen molar-refractivity contribution in [2.75, 3.05) is 5.32 Å². The number of nitro benzene ring substituents is 1. The number of benzene rings is 2. The van der Waals surface area contributed by atoms with Crippen molar-refractivity contribution in [2.45, 2.75) is 6.92 Å². The molecule has 0 radical (unpaired) electrons. The molecule has 126 valence electrons. The van der Waals surface area contributed by atoms with Crippen LogP contribution in [0.5, 0.6) is 0 Å². The molecule has 0 fully saturated rings. The average molecular weight is 340 g/mol. The number of halogens is 1. The van der Waals surface area contributed by atoms with Gasteiger partial charge in [-0.1, -0.05) is 6.07 Å². The first kappa shape index (κ1) is 16.3. The Morgan fingerprint density at radius 3 is 2.76 bits per heavy atom. The van der Waals surface area contributed by atoms with E-state index in [0.29, 0.717) is 5.69 Å². The number of nitro groups is 1.